The van der Waals surface area contributed by atoms with Gasteiger partial charge in [-0.2, -0.15) is 0 Å². The molecule has 0 saturated carbocycles. The predicted molar refractivity (Wildman–Crippen MR) is 67.3 cm³/mol. The van der Waals surface area contributed by atoms with Gasteiger partial charge in [-0.15, -0.1) is 0 Å². The van der Waals surface area contributed by atoms with Crippen molar-refractivity contribution >= 4 is 11.9 Å². The molecule has 0 saturated heterocycles. The van der Waals surface area contributed by atoms with Crippen molar-refractivity contribution in [3.8, 4) is 0 Å². The zero-order valence-electron chi connectivity index (χ0n) is 10.4. The van der Waals surface area contributed by atoms with Crippen LogP contribution in [0.2, 0.25) is 0 Å². The van der Waals surface area contributed by atoms with Crippen LogP contribution in [0, 0.1) is 0 Å². The Balaban J connectivity index is 2.48. The summed E-state index contributed by atoms with van der Waals surface area (Å²) in [6, 6.07) is 9.42. The van der Waals surface area contributed by atoms with Crippen LogP contribution in [0.1, 0.15) is 19.4 Å². The van der Waals surface area contributed by atoms with Gasteiger partial charge in [-0.3, -0.25) is 0 Å². The number of carbonyl (C=O) groups excluding carboxylic acids is 1. The molecular weight excluding hydrogens is 234 g/mol. The minimum absolute atomic E-state index is 0.169. The summed E-state index contributed by atoms with van der Waals surface area (Å²) in [7, 11) is 0. The number of amides is 1. The number of carbonyl (C=O) groups is 1. The van der Waals surface area contributed by atoms with Crippen LogP contribution in [0.3, 0.4) is 0 Å². The van der Waals surface area contributed by atoms with E-state index < -0.39 is 11.7 Å². The monoisotopic (exact) mass is 251 g/mol. The highest BCUT2D eigenvalue weighted by atomic mass is 16.6. The molecule has 1 aromatic carbocycles. The van der Waals surface area contributed by atoms with Gasteiger partial charge in [-0.1, -0.05) is 35.5 Å². The fourth-order valence-corrected chi connectivity index (χ4v) is 1.21. The number of nitrogens with zero attached hydrogens (tertiary/aromatic N) is 1. The van der Waals surface area contributed by atoms with Gasteiger partial charge < -0.3 is 21.0 Å². The van der Waals surface area contributed by atoms with Crippen molar-refractivity contribution in [3.05, 3.63) is 35.9 Å². The third-order valence-electron chi connectivity index (χ3n) is 2.35. The molecule has 4 N–H and O–H groups in total. The van der Waals surface area contributed by atoms with Gasteiger partial charge in [-0.05, 0) is 19.4 Å². The highest BCUT2D eigenvalue weighted by Gasteiger charge is 2.28. The summed E-state index contributed by atoms with van der Waals surface area (Å²) in [4.78, 5) is 11.5. The summed E-state index contributed by atoms with van der Waals surface area (Å²) in [6.07, 6.45) is -0.629. The van der Waals surface area contributed by atoms with E-state index in [1.807, 2.05) is 30.3 Å². The molecule has 6 heteroatoms. The number of ether oxygens (including phenoxy) is 1. The van der Waals surface area contributed by atoms with Crippen molar-refractivity contribution in [3.63, 3.8) is 0 Å². The molecule has 0 aliphatic heterocycles. The zero-order chi connectivity index (χ0) is 13.6. The Morgan fingerprint density at radius 2 is 2.06 bits per heavy atom. The first kappa shape index (κ1) is 13.8. The van der Waals surface area contributed by atoms with Gasteiger partial charge in [0, 0.05) is 6.54 Å². The van der Waals surface area contributed by atoms with E-state index in [9.17, 15) is 4.79 Å². The maximum Gasteiger partial charge on any atom is 0.408 e. The first-order chi connectivity index (χ1) is 8.45. The highest BCUT2D eigenvalue weighted by Crippen LogP contribution is 2.09. The lowest BCUT2D eigenvalue weighted by atomic mass is 10.1. The van der Waals surface area contributed by atoms with Crippen molar-refractivity contribution in [1.29, 1.82) is 0 Å². The summed E-state index contributed by atoms with van der Waals surface area (Å²) < 4.78 is 5.05. The number of amidine groups is 1. The Bertz CT molecular complexity index is 429. The molecular formula is C12H17N3O3. The first-order valence-corrected chi connectivity index (χ1v) is 5.44. The molecule has 0 spiro atoms. The number of nitrogens with one attached hydrogen (secondary N) is 1. The number of hydrogen-bond donors (Lipinski definition) is 3. The Kier molecular flexibility index (Phi) is 4.53. The topological polar surface area (TPSA) is 96.9 Å². The molecule has 0 aromatic heterocycles. The van der Waals surface area contributed by atoms with Crippen LogP contribution in [0.4, 0.5) is 4.79 Å². The summed E-state index contributed by atoms with van der Waals surface area (Å²) in [5.41, 5.74) is 5.20. The molecule has 18 heavy (non-hydrogen) atoms. The minimum atomic E-state index is -1.16. The lowest BCUT2D eigenvalue weighted by Gasteiger charge is -2.23. The average molecular weight is 251 g/mol. The molecule has 6 nitrogen and oxygen atoms in total. The van der Waals surface area contributed by atoms with Crippen LogP contribution >= 0.6 is 0 Å². The fraction of sp³-hybridized carbons (Fsp3) is 0.333. The molecule has 0 unspecified atom stereocenters. The standard InChI is InChI=1S/C12H17N3O3/c1-12(2,10(13)15-17)18-11(16)14-8-9-6-4-3-5-7-9/h3-7,17H,8H2,1-2H3,(H2,13,15)(H,14,16). The van der Waals surface area contributed by atoms with E-state index >= 15 is 0 Å². The number of oxime groups is 1. The maximum absolute atomic E-state index is 11.5. The van der Waals surface area contributed by atoms with Crippen molar-refractivity contribution in [2.75, 3.05) is 0 Å². The van der Waals surface area contributed by atoms with E-state index in [2.05, 4.69) is 10.5 Å². The lowest BCUT2D eigenvalue weighted by Crippen LogP contribution is -2.44. The largest absolute Gasteiger partial charge is 0.435 e. The molecule has 0 bridgehead atoms. The third kappa shape index (κ3) is 3.97. The summed E-state index contributed by atoms with van der Waals surface area (Å²) >= 11 is 0. The lowest BCUT2D eigenvalue weighted by molar-refractivity contribution is 0.0806. The summed E-state index contributed by atoms with van der Waals surface area (Å²) in [5, 5.41) is 13.9. The first-order valence-electron chi connectivity index (χ1n) is 5.44. The van der Waals surface area contributed by atoms with E-state index in [4.69, 9.17) is 15.7 Å². The highest BCUT2D eigenvalue weighted by molar-refractivity contribution is 5.89. The van der Waals surface area contributed by atoms with E-state index in [-0.39, 0.29) is 5.84 Å². The van der Waals surface area contributed by atoms with Gasteiger partial charge in [0.1, 0.15) is 0 Å². The van der Waals surface area contributed by atoms with Crippen LogP contribution in [0.15, 0.2) is 35.5 Å². The number of nitrogens with two attached hydrogens (primary N) is 1. The molecule has 0 atom stereocenters. The molecule has 1 amide bonds. The van der Waals surface area contributed by atoms with E-state index in [0.717, 1.165) is 5.56 Å². The maximum atomic E-state index is 11.5. The second-order valence-corrected chi connectivity index (χ2v) is 4.22. The van der Waals surface area contributed by atoms with Crippen molar-refractivity contribution in [2.24, 2.45) is 10.9 Å². The van der Waals surface area contributed by atoms with Gasteiger partial charge in [0.2, 0.25) is 0 Å². The molecule has 0 heterocycles. The molecule has 1 rings (SSSR count). The Morgan fingerprint density at radius 1 is 1.44 bits per heavy atom. The molecule has 0 aliphatic rings. The van der Waals surface area contributed by atoms with Crippen LogP contribution in [0.25, 0.3) is 0 Å². The van der Waals surface area contributed by atoms with E-state index in [1.54, 1.807) is 0 Å². The molecule has 1 aromatic rings. The smallest absolute Gasteiger partial charge is 0.408 e. The fourth-order valence-electron chi connectivity index (χ4n) is 1.21. The van der Waals surface area contributed by atoms with Gasteiger partial charge in [0.25, 0.3) is 0 Å². The Hall–Kier alpha value is -2.24. The van der Waals surface area contributed by atoms with Crippen LogP contribution in [-0.4, -0.2) is 22.7 Å². The number of hydrogen-bond acceptors (Lipinski definition) is 4. The number of alkyl carbamates (subject to hydrolysis) is 1. The summed E-state index contributed by atoms with van der Waals surface area (Å²) in [5.74, 6) is -0.169. The quantitative estimate of drug-likeness (QED) is 0.326. The van der Waals surface area contributed by atoms with Crippen LogP contribution in [0.5, 0.6) is 0 Å². The number of rotatable bonds is 4. The normalized spacial score (nSPS) is 12.0. The van der Waals surface area contributed by atoms with Gasteiger partial charge in [0.05, 0.1) is 0 Å². The van der Waals surface area contributed by atoms with E-state index in [1.165, 1.54) is 13.8 Å². The van der Waals surface area contributed by atoms with Crippen molar-refractivity contribution in [1.82, 2.24) is 5.32 Å². The molecule has 98 valence electrons. The van der Waals surface area contributed by atoms with Crippen LogP contribution < -0.4 is 11.1 Å². The van der Waals surface area contributed by atoms with Crippen molar-refractivity contribution < 1.29 is 14.7 Å². The van der Waals surface area contributed by atoms with Gasteiger partial charge in [0.15, 0.2) is 11.4 Å². The minimum Gasteiger partial charge on any atom is -0.435 e. The summed E-state index contributed by atoms with van der Waals surface area (Å²) in [6.45, 7) is 3.42. The van der Waals surface area contributed by atoms with E-state index in [0.29, 0.717) is 6.54 Å². The second-order valence-electron chi connectivity index (χ2n) is 4.22. The molecule has 0 radical (unpaired) electrons. The van der Waals surface area contributed by atoms with Gasteiger partial charge in [-0.25, -0.2) is 4.79 Å². The average Bonchev–Trinajstić information content (AvgIpc) is 2.36. The zero-order valence-corrected chi connectivity index (χ0v) is 10.4. The Labute approximate surface area is 105 Å². The number of benzene rings is 1. The molecule has 0 aliphatic carbocycles. The molecule has 0 fully saturated rings. The Morgan fingerprint density at radius 3 is 2.61 bits per heavy atom. The van der Waals surface area contributed by atoms with Crippen LogP contribution in [-0.2, 0) is 11.3 Å². The predicted octanol–water partition coefficient (Wildman–Crippen LogP) is 1.44. The third-order valence-corrected chi connectivity index (χ3v) is 2.35. The van der Waals surface area contributed by atoms with Gasteiger partial charge >= 0.3 is 6.09 Å². The second kappa shape index (κ2) is 5.90. The van der Waals surface area contributed by atoms with Crippen molar-refractivity contribution in [2.45, 2.75) is 26.0 Å². The SMILES string of the molecule is CC(C)(OC(=O)NCc1ccccc1)/C(N)=N/O.